The molecule has 1 rings (SSSR count). The van der Waals surface area contributed by atoms with Crippen LogP contribution in [-0.4, -0.2) is 21.9 Å². The van der Waals surface area contributed by atoms with Gasteiger partial charge in [0.05, 0.1) is 11.7 Å². The average Bonchev–Trinajstić information content (AvgIpc) is 2.00. The quantitative estimate of drug-likeness (QED) is 0.655. The molecular formula is C11H22O2. The molecule has 0 radical (unpaired) electrons. The molecule has 4 unspecified atom stereocenters. The lowest BCUT2D eigenvalue weighted by atomic mass is 9.68. The Hall–Kier alpha value is -0.0800. The summed E-state index contributed by atoms with van der Waals surface area (Å²) in [6.07, 6.45) is 1.22. The Bertz CT molecular complexity index is 161. The van der Waals surface area contributed by atoms with Gasteiger partial charge in [-0.05, 0) is 37.5 Å². The molecule has 0 amide bonds. The van der Waals surface area contributed by atoms with Gasteiger partial charge in [-0.25, -0.2) is 0 Å². The van der Waals surface area contributed by atoms with Crippen molar-refractivity contribution in [2.75, 3.05) is 0 Å². The summed E-state index contributed by atoms with van der Waals surface area (Å²) in [4.78, 5) is 0. The topological polar surface area (TPSA) is 40.5 Å². The number of hydrogen-bond acceptors (Lipinski definition) is 2. The molecule has 4 atom stereocenters. The Morgan fingerprint density at radius 3 is 2.23 bits per heavy atom. The number of aliphatic hydroxyl groups excluding tert-OH is 1. The third-order valence-electron chi connectivity index (χ3n) is 3.80. The van der Waals surface area contributed by atoms with Gasteiger partial charge in [0.2, 0.25) is 0 Å². The number of rotatable bonds is 1. The maximum atomic E-state index is 9.96. The smallest absolute Gasteiger partial charge is 0.0903 e. The third kappa shape index (κ3) is 2.05. The van der Waals surface area contributed by atoms with E-state index in [1.165, 1.54) is 0 Å². The van der Waals surface area contributed by atoms with Crippen LogP contribution in [-0.2, 0) is 0 Å². The Balaban J connectivity index is 2.68. The van der Waals surface area contributed by atoms with Gasteiger partial charge in [-0.2, -0.15) is 0 Å². The monoisotopic (exact) mass is 186 g/mol. The summed E-state index contributed by atoms with van der Waals surface area (Å²) in [7, 11) is 0. The van der Waals surface area contributed by atoms with Gasteiger partial charge in [0.25, 0.3) is 0 Å². The first-order valence-corrected chi connectivity index (χ1v) is 5.26. The fourth-order valence-corrected chi connectivity index (χ4v) is 2.19. The Morgan fingerprint density at radius 1 is 1.31 bits per heavy atom. The van der Waals surface area contributed by atoms with E-state index in [9.17, 15) is 10.2 Å². The molecule has 0 aromatic carbocycles. The molecule has 0 aliphatic heterocycles. The minimum absolute atomic E-state index is 0.198. The van der Waals surface area contributed by atoms with Crippen molar-refractivity contribution in [3.63, 3.8) is 0 Å². The van der Waals surface area contributed by atoms with E-state index in [1.807, 2.05) is 6.92 Å². The Morgan fingerprint density at radius 2 is 1.85 bits per heavy atom. The Labute approximate surface area is 81.0 Å². The van der Waals surface area contributed by atoms with Crippen LogP contribution in [0, 0.1) is 17.8 Å². The first-order chi connectivity index (χ1) is 5.85. The molecule has 2 N–H and O–H groups in total. The van der Waals surface area contributed by atoms with E-state index in [0.717, 1.165) is 12.8 Å². The van der Waals surface area contributed by atoms with E-state index in [0.29, 0.717) is 11.8 Å². The van der Waals surface area contributed by atoms with Crippen molar-refractivity contribution in [2.24, 2.45) is 17.8 Å². The van der Waals surface area contributed by atoms with Crippen LogP contribution in [0.3, 0.4) is 0 Å². The predicted molar refractivity (Wildman–Crippen MR) is 53.4 cm³/mol. The summed E-state index contributed by atoms with van der Waals surface area (Å²) < 4.78 is 0. The summed E-state index contributed by atoms with van der Waals surface area (Å²) in [6.45, 7) is 8.14. The lowest BCUT2D eigenvalue weighted by Gasteiger charge is -2.44. The molecule has 0 spiro atoms. The SMILES string of the molecule is CC(C)C1CC(C)C(C)(O)C(O)C1. The highest BCUT2D eigenvalue weighted by molar-refractivity contribution is 4.94. The molecule has 0 saturated heterocycles. The molecule has 0 heterocycles. The summed E-state index contributed by atoms with van der Waals surface area (Å²) in [6, 6.07) is 0. The molecule has 1 aliphatic carbocycles. The summed E-state index contributed by atoms with van der Waals surface area (Å²) >= 11 is 0. The zero-order valence-electron chi connectivity index (χ0n) is 9.12. The number of hydrogen-bond donors (Lipinski definition) is 2. The summed E-state index contributed by atoms with van der Waals surface area (Å²) in [5.41, 5.74) is -0.884. The van der Waals surface area contributed by atoms with Crippen LogP contribution in [0.5, 0.6) is 0 Å². The van der Waals surface area contributed by atoms with Gasteiger partial charge in [-0.3, -0.25) is 0 Å². The normalized spacial score (nSPS) is 46.8. The summed E-state index contributed by atoms with van der Waals surface area (Å²) in [5.74, 6) is 1.36. The first kappa shape index (κ1) is 11.0. The van der Waals surface area contributed by atoms with Gasteiger partial charge >= 0.3 is 0 Å². The maximum Gasteiger partial charge on any atom is 0.0903 e. The fraction of sp³-hybridized carbons (Fsp3) is 1.00. The molecular weight excluding hydrogens is 164 g/mol. The molecule has 1 fully saturated rings. The Kier molecular flexibility index (Phi) is 3.03. The van der Waals surface area contributed by atoms with Gasteiger partial charge in [0, 0.05) is 0 Å². The van der Waals surface area contributed by atoms with E-state index >= 15 is 0 Å². The van der Waals surface area contributed by atoms with Crippen LogP contribution in [0.4, 0.5) is 0 Å². The van der Waals surface area contributed by atoms with Crippen molar-refractivity contribution >= 4 is 0 Å². The van der Waals surface area contributed by atoms with Crippen molar-refractivity contribution in [2.45, 2.75) is 52.2 Å². The first-order valence-electron chi connectivity index (χ1n) is 5.26. The fourth-order valence-electron chi connectivity index (χ4n) is 2.19. The van der Waals surface area contributed by atoms with Crippen LogP contribution in [0.15, 0.2) is 0 Å². The molecule has 2 heteroatoms. The van der Waals surface area contributed by atoms with Crippen LogP contribution >= 0.6 is 0 Å². The summed E-state index contributed by atoms with van der Waals surface area (Å²) in [5, 5.41) is 19.7. The molecule has 2 nitrogen and oxygen atoms in total. The second-order valence-corrected chi connectivity index (χ2v) is 5.12. The second-order valence-electron chi connectivity index (χ2n) is 5.12. The largest absolute Gasteiger partial charge is 0.390 e. The molecule has 0 aromatic heterocycles. The maximum absolute atomic E-state index is 9.96. The number of aliphatic hydroxyl groups is 2. The minimum Gasteiger partial charge on any atom is -0.390 e. The van der Waals surface area contributed by atoms with Gasteiger partial charge < -0.3 is 10.2 Å². The molecule has 1 saturated carbocycles. The van der Waals surface area contributed by atoms with Gasteiger partial charge in [-0.1, -0.05) is 20.8 Å². The molecule has 13 heavy (non-hydrogen) atoms. The van der Waals surface area contributed by atoms with E-state index in [2.05, 4.69) is 13.8 Å². The van der Waals surface area contributed by atoms with E-state index in [1.54, 1.807) is 6.92 Å². The van der Waals surface area contributed by atoms with E-state index in [-0.39, 0.29) is 5.92 Å². The van der Waals surface area contributed by atoms with Gasteiger partial charge in [0.1, 0.15) is 0 Å². The van der Waals surface area contributed by atoms with E-state index < -0.39 is 11.7 Å². The van der Waals surface area contributed by atoms with Crippen molar-refractivity contribution in [1.29, 1.82) is 0 Å². The van der Waals surface area contributed by atoms with Crippen LogP contribution in [0.2, 0.25) is 0 Å². The zero-order valence-corrected chi connectivity index (χ0v) is 9.12. The minimum atomic E-state index is -0.884. The predicted octanol–water partition coefficient (Wildman–Crippen LogP) is 1.80. The van der Waals surface area contributed by atoms with Crippen LogP contribution < -0.4 is 0 Å². The lowest BCUT2D eigenvalue weighted by Crippen LogP contribution is -2.50. The zero-order chi connectivity index (χ0) is 10.2. The molecule has 0 aromatic rings. The van der Waals surface area contributed by atoms with Crippen molar-refractivity contribution in [3.8, 4) is 0 Å². The van der Waals surface area contributed by atoms with Crippen LogP contribution in [0.25, 0.3) is 0 Å². The van der Waals surface area contributed by atoms with Gasteiger partial charge in [-0.15, -0.1) is 0 Å². The second kappa shape index (κ2) is 3.58. The molecule has 1 aliphatic rings. The van der Waals surface area contributed by atoms with Gasteiger partial charge in [0.15, 0.2) is 0 Å². The highest BCUT2D eigenvalue weighted by Crippen LogP contribution is 2.39. The average molecular weight is 186 g/mol. The van der Waals surface area contributed by atoms with Crippen molar-refractivity contribution < 1.29 is 10.2 Å². The van der Waals surface area contributed by atoms with Crippen molar-refractivity contribution in [3.05, 3.63) is 0 Å². The highest BCUT2D eigenvalue weighted by atomic mass is 16.3. The standard InChI is InChI=1S/C11H22O2/c1-7(2)9-5-8(3)11(4,13)10(12)6-9/h7-10,12-13H,5-6H2,1-4H3. The van der Waals surface area contributed by atoms with E-state index in [4.69, 9.17) is 0 Å². The lowest BCUT2D eigenvalue weighted by molar-refractivity contribution is -0.136. The molecule has 78 valence electrons. The third-order valence-corrected chi connectivity index (χ3v) is 3.80. The van der Waals surface area contributed by atoms with Crippen molar-refractivity contribution in [1.82, 2.24) is 0 Å². The van der Waals surface area contributed by atoms with Crippen LogP contribution in [0.1, 0.15) is 40.5 Å². The molecule has 0 bridgehead atoms. The highest BCUT2D eigenvalue weighted by Gasteiger charge is 2.43.